The highest BCUT2D eigenvalue weighted by atomic mass is 35.5. The molecule has 3 nitrogen and oxygen atoms in total. The third-order valence-electron chi connectivity index (χ3n) is 3.34. The molecule has 0 amide bonds. The molecule has 0 saturated heterocycles. The van der Waals surface area contributed by atoms with E-state index in [1.165, 1.54) is 11.1 Å². The average Bonchev–Trinajstić information content (AvgIpc) is 2.50. The van der Waals surface area contributed by atoms with E-state index in [-0.39, 0.29) is 0 Å². The number of rotatable bonds is 2. The molecule has 0 heterocycles. The van der Waals surface area contributed by atoms with E-state index in [0.29, 0.717) is 5.29 Å². The fourth-order valence-corrected chi connectivity index (χ4v) is 2.17. The zero-order chi connectivity index (χ0) is 16.1. The second-order valence-corrected chi connectivity index (χ2v) is 5.72. The van der Waals surface area contributed by atoms with E-state index in [1.807, 2.05) is 50.5 Å². The van der Waals surface area contributed by atoms with Gasteiger partial charge in [0.15, 0.2) is 0 Å². The van der Waals surface area contributed by atoms with Crippen molar-refractivity contribution in [3.8, 4) is 0 Å². The number of amidine groups is 2. The number of nitrogens with zero attached hydrogens (tertiary/aromatic N) is 2. The zero-order valence-corrected chi connectivity index (χ0v) is 14.1. The van der Waals surface area contributed by atoms with E-state index < -0.39 is 0 Å². The van der Waals surface area contributed by atoms with Crippen LogP contribution < -0.4 is 5.32 Å². The van der Waals surface area contributed by atoms with Gasteiger partial charge in [-0.2, -0.15) is 0 Å². The van der Waals surface area contributed by atoms with Gasteiger partial charge in [-0.3, -0.25) is 4.58 Å². The van der Waals surface area contributed by atoms with Crippen molar-refractivity contribution >= 4 is 28.4 Å². The molecular formula is C18H21ClN3+. The van der Waals surface area contributed by atoms with Crippen molar-refractivity contribution in [3.05, 3.63) is 65.2 Å². The lowest BCUT2D eigenvalue weighted by molar-refractivity contribution is -0.462. The summed E-state index contributed by atoms with van der Waals surface area (Å²) in [7, 11) is 3.74. The Bertz CT molecular complexity index is 694. The topological polar surface area (TPSA) is 27.4 Å². The minimum absolute atomic E-state index is 0.428. The first-order valence-corrected chi connectivity index (χ1v) is 7.54. The lowest BCUT2D eigenvalue weighted by Crippen LogP contribution is -2.18. The first-order chi connectivity index (χ1) is 10.5. The molecule has 4 heteroatoms. The van der Waals surface area contributed by atoms with Crippen LogP contribution in [-0.4, -0.2) is 29.8 Å². The van der Waals surface area contributed by atoms with Crippen LogP contribution >= 0.6 is 11.6 Å². The minimum Gasteiger partial charge on any atom is -0.318 e. The number of hydrogen-bond acceptors (Lipinski definition) is 0. The Balaban J connectivity index is 2.49. The standard InChI is InChI=1S/C18H20ClN3/c1-13-9-8-10-14(2)16(13)20-17(21-18(19)22(3)4)15-11-6-5-7-12-15/h5-12H,1-4H3/p+1. The van der Waals surface area contributed by atoms with E-state index in [4.69, 9.17) is 11.6 Å². The molecule has 2 aromatic rings. The first-order valence-electron chi connectivity index (χ1n) is 7.16. The molecule has 0 aliphatic rings. The van der Waals surface area contributed by atoms with Crippen LogP contribution in [0.4, 0.5) is 5.69 Å². The van der Waals surface area contributed by atoms with Gasteiger partial charge in [0, 0.05) is 22.9 Å². The van der Waals surface area contributed by atoms with Crippen LogP contribution in [0.3, 0.4) is 0 Å². The Morgan fingerprint density at radius 3 is 2.09 bits per heavy atom. The molecule has 1 N–H and O–H groups in total. The van der Waals surface area contributed by atoms with Crippen molar-refractivity contribution < 1.29 is 4.58 Å². The van der Waals surface area contributed by atoms with E-state index in [0.717, 1.165) is 17.1 Å². The Labute approximate surface area is 137 Å². The summed E-state index contributed by atoms with van der Waals surface area (Å²) in [6, 6.07) is 16.2. The van der Waals surface area contributed by atoms with Crippen molar-refractivity contribution in [3.63, 3.8) is 0 Å². The molecule has 114 valence electrons. The van der Waals surface area contributed by atoms with Gasteiger partial charge in [-0.15, -0.1) is 0 Å². The maximum absolute atomic E-state index is 6.22. The molecule has 0 atom stereocenters. The van der Waals surface area contributed by atoms with Crippen LogP contribution in [0, 0.1) is 13.8 Å². The van der Waals surface area contributed by atoms with Crippen molar-refractivity contribution in [1.82, 2.24) is 0 Å². The molecule has 0 radical (unpaired) electrons. The highest BCUT2D eigenvalue weighted by molar-refractivity contribution is 6.64. The average molecular weight is 315 g/mol. The zero-order valence-electron chi connectivity index (χ0n) is 13.4. The summed E-state index contributed by atoms with van der Waals surface area (Å²) in [5.74, 6) is 0.733. The van der Waals surface area contributed by atoms with Gasteiger partial charge in [0.2, 0.25) is 0 Å². The number of nitrogens with one attached hydrogen (secondary N) is 1. The summed E-state index contributed by atoms with van der Waals surface area (Å²) in [6.07, 6.45) is 0. The van der Waals surface area contributed by atoms with Gasteiger partial charge in [0.1, 0.15) is 0 Å². The van der Waals surface area contributed by atoms with Crippen LogP contribution in [-0.2, 0) is 0 Å². The summed E-state index contributed by atoms with van der Waals surface area (Å²) in [6.45, 7) is 4.16. The molecule has 0 unspecified atom stereocenters. The number of hydrogen-bond donors (Lipinski definition) is 1. The molecule has 0 aromatic heterocycles. The lowest BCUT2D eigenvalue weighted by atomic mass is 10.1. The molecule has 22 heavy (non-hydrogen) atoms. The van der Waals surface area contributed by atoms with Crippen LogP contribution in [0.5, 0.6) is 0 Å². The van der Waals surface area contributed by atoms with Gasteiger partial charge in [-0.25, -0.2) is 0 Å². The fourth-order valence-electron chi connectivity index (χ4n) is 2.08. The third-order valence-corrected chi connectivity index (χ3v) is 3.77. The minimum atomic E-state index is 0.428. The number of para-hydroxylation sites is 1. The van der Waals surface area contributed by atoms with E-state index in [1.54, 1.807) is 4.58 Å². The normalized spacial score (nSPS) is 11.2. The van der Waals surface area contributed by atoms with Crippen molar-refractivity contribution in [2.24, 2.45) is 4.99 Å². The molecule has 0 bridgehead atoms. The Kier molecular flexibility index (Phi) is 5.34. The van der Waals surface area contributed by atoms with Gasteiger partial charge in [-0.1, -0.05) is 36.4 Å². The highest BCUT2D eigenvalue weighted by Gasteiger charge is 2.15. The Morgan fingerprint density at radius 1 is 0.955 bits per heavy atom. The number of benzene rings is 2. The monoisotopic (exact) mass is 314 g/mol. The quantitative estimate of drug-likeness (QED) is 0.385. The molecule has 0 fully saturated rings. The number of anilines is 1. The summed E-state index contributed by atoms with van der Waals surface area (Å²) >= 11 is 6.22. The van der Waals surface area contributed by atoms with Gasteiger partial charge in [0.05, 0.1) is 14.1 Å². The molecule has 0 spiro atoms. The number of halogens is 1. The van der Waals surface area contributed by atoms with E-state index >= 15 is 0 Å². The summed E-state index contributed by atoms with van der Waals surface area (Å²) in [4.78, 5) is 4.54. The largest absolute Gasteiger partial charge is 0.393 e. The Morgan fingerprint density at radius 2 is 1.55 bits per heavy atom. The maximum atomic E-state index is 6.22. The molecule has 0 aliphatic carbocycles. The summed E-state index contributed by atoms with van der Waals surface area (Å²) in [5, 5.41) is 3.86. The molecule has 0 aliphatic heterocycles. The van der Waals surface area contributed by atoms with E-state index in [2.05, 4.69) is 36.3 Å². The van der Waals surface area contributed by atoms with Crippen molar-refractivity contribution in [1.29, 1.82) is 0 Å². The van der Waals surface area contributed by atoms with Gasteiger partial charge < -0.3 is 5.32 Å². The van der Waals surface area contributed by atoms with Crippen molar-refractivity contribution in [2.45, 2.75) is 13.8 Å². The van der Waals surface area contributed by atoms with Crippen LogP contribution in [0.15, 0.2) is 53.5 Å². The second-order valence-electron chi connectivity index (χ2n) is 5.38. The number of aliphatic imine (C=N–C) groups is 1. The van der Waals surface area contributed by atoms with Gasteiger partial charge in [0.25, 0.3) is 5.84 Å². The van der Waals surface area contributed by atoms with Crippen LogP contribution in [0.1, 0.15) is 16.7 Å². The lowest BCUT2D eigenvalue weighted by Gasteiger charge is -2.12. The maximum Gasteiger partial charge on any atom is 0.393 e. The predicted molar refractivity (Wildman–Crippen MR) is 95.5 cm³/mol. The molecule has 0 saturated carbocycles. The highest BCUT2D eigenvalue weighted by Crippen LogP contribution is 2.20. The number of aryl methyl sites for hydroxylation is 2. The smallest absolute Gasteiger partial charge is 0.318 e. The predicted octanol–water partition coefficient (Wildman–Crippen LogP) is 4.03. The Hall–Kier alpha value is -2.13. The van der Waals surface area contributed by atoms with Crippen LogP contribution in [0.2, 0.25) is 0 Å². The van der Waals surface area contributed by atoms with E-state index in [9.17, 15) is 0 Å². The fraction of sp³-hybridized carbons (Fsp3) is 0.222. The SMILES string of the molecule is Cc1cccc(C)c1N/C(=N\C(Cl)=[N+](C)C)c1ccccc1. The molecule has 2 rings (SSSR count). The molecular weight excluding hydrogens is 294 g/mol. The van der Waals surface area contributed by atoms with Crippen molar-refractivity contribution in [2.75, 3.05) is 19.4 Å². The first kappa shape index (κ1) is 16.2. The summed E-state index contributed by atoms with van der Waals surface area (Å²) < 4.78 is 1.77. The third kappa shape index (κ3) is 3.95. The summed E-state index contributed by atoms with van der Waals surface area (Å²) in [5.41, 5.74) is 4.40. The second kappa shape index (κ2) is 7.23. The molecule has 2 aromatic carbocycles. The van der Waals surface area contributed by atoms with Gasteiger partial charge in [-0.05, 0) is 42.1 Å². The van der Waals surface area contributed by atoms with Gasteiger partial charge >= 0.3 is 5.29 Å². The van der Waals surface area contributed by atoms with Crippen LogP contribution in [0.25, 0.3) is 0 Å².